The molecule has 2 aliphatic heterocycles. The van der Waals surface area contributed by atoms with Crippen molar-refractivity contribution in [3.05, 3.63) is 35.9 Å². The highest BCUT2D eigenvalue weighted by atomic mass is 16.3. The van der Waals surface area contributed by atoms with Gasteiger partial charge in [-0.2, -0.15) is 0 Å². The third kappa shape index (κ3) is 4.64. The van der Waals surface area contributed by atoms with Gasteiger partial charge in [-0.05, 0) is 70.0 Å². The maximum atomic E-state index is 13.3. The molecule has 0 unspecified atom stereocenters. The number of hydrogen-bond acceptors (Lipinski definition) is 4. The normalized spacial score (nSPS) is 29.7. The maximum Gasteiger partial charge on any atom is 0.290 e. The minimum Gasteiger partial charge on any atom is -0.483 e. The Bertz CT molecular complexity index is 687. The average molecular weight is 403 g/mol. The molecule has 29 heavy (non-hydrogen) atoms. The van der Waals surface area contributed by atoms with Gasteiger partial charge >= 0.3 is 0 Å². The first-order chi connectivity index (χ1) is 13.9. The Balaban J connectivity index is 0.000000755. The fourth-order valence-corrected chi connectivity index (χ4v) is 5.41. The summed E-state index contributed by atoms with van der Waals surface area (Å²) in [4.78, 5) is 26.2. The number of carboxylic acid groups (broad SMARTS) is 1. The molecule has 3 fully saturated rings. The van der Waals surface area contributed by atoms with E-state index in [1.807, 2.05) is 44.2 Å². The number of carbonyl (C=O) groups excluding carboxylic acids is 1. The Morgan fingerprint density at radius 2 is 1.62 bits per heavy atom. The van der Waals surface area contributed by atoms with Crippen molar-refractivity contribution in [2.75, 3.05) is 26.2 Å². The van der Waals surface area contributed by atoms with Crippen LogP contribution >= 0.6 is 0 Å². The van der Waals surface area contributed by atoms with Gasteiger partial charge in [0.2, 0.25) is 5.91 Å². The fourth-order valence-electron chi connectivity index (χ4n) is 5.41. The Labute approximate surface area is 173 Å². The summed E-state index contributed by atoms with van der Waals surface area (Å²) in [5.41, 5.74) is 0.580. The van der Waals surface area contributed by atoms with Crippen LogP contribution in [0.3, 0.4) is 0 Å². The Kier molecular flexibility index (Phi) is 6.96. The van der Waals surface area contributed by atoms with Crippen molar-refractivity contribution in [3.63, 3.8) is 0 Å². The Morgan fingerprint density at radius 3 is 2.21 bits per heavy atom. The van der Waals surface area contributed by atoms with Gasteiger partial charge in [-0.3, -0.25) is 14.5 Å². The highest BCUT2D eigenvalue weighted by Gasteiger charge is 2.46. The number of likely N-dealkylation sites (tertiary alicyclic amines) is 2. The van der Waals surface area contributed by atoms with Crippen LogP contribution in [-0.2, 0) is 15.0 Å². The standard InChI is InChI=1S/C22H32N2O2.CH2O2/c1-22(2,18-8-4-3-5-9-18)21(26)24-14-16-12-19(23-10-6-7-11-23)20(25)13-17(16)15-24;2-1-3/h3-5,8-9,16-17,19-20,25H,6-7,10-15H2,1-2H3;1H,(H,2,3)/t16-,17+,19-,20-;/m1./s1. The largest absolute Gasteiger partial charge is 0.483 e. The first-order valence-electron chi connectivity index (χ1n) is 10.7. The predicted octanol–water partition coefficient (Wildman–Crippen LogP) is 2.36. The van der Waals surface area contributed by atoms with Crippen molar-refractivity contribution >= 4 is 12.4 Å². The van der Waals surface area contributed by atoms with E-state index in [1.54, 1.807) is 0 Å². The first-order valence-corrected chi connectivity index (χ1v) is 10.7. The summed E-state index contributed by atoms with van der Waals surface area (Å²) in [6.45, 7) is 7.75. The van der Waals surface area contributed by atoms with Gasteiger partial charge in [0.15, 0.2) is 0 Å². The second kappa shape index (κ2) is 9.26. The molecule has 2 N–H and O–H groups in total. The lowest BCUT2D eigenvalue weighted by Gasteiger charge is -2.40. The highest BCUT2D eigenvalue weighted by Crippen LogP contribution is 2.40. The molecule has 2 saturated heterocycles. The third-order valence-corrected chi connectivity index (χ3v) is 7.04. The van der Waals surface area contributed by atoms with Crippen molar-refractivity contribution in [3.8, 4) is 0 Å². The summed E-state index contributed by atoms with van der Waals surface area (Å²) in [7, 11) is 0. The van der Waals surface area contributed by atoms with Gasteiger partial charge in [-0.15, -0.1) is 0 Å². The van der Waals surface area contributed by atoms with E-state index in [2.05, 4.69) is 9.80 Å². The molecule has 4 atom stereocenters. The molecule has 0 radical (unpaired) electrons. The summed E-state index contributed by atoms with van der Waals surface area (Å²) in [6.07, 6.45) is 4.18. The first kappa shape index (κ1) is 21.8. The van der Waals surface area contributed by atoms with E-state index in [4.69, 9.17) is 9.90 Å². The van der Waals surface area contributed by atoms with Crippen molar-refractivity contribution in [2.45, 2.75) is 57.1 Å². The molecule has 1 aromatic carbocycles. The Morgan fingerprint density at radius 1 is 1.07 bits per heavy atom. The summed E-state index contributed by atoms with van der Waals surface area (Å²) in [5, 5.41) is 17.6. The second-order valence-corrected chi connectivity index (χ2v) is 9.18. The topological polar surface area (TPSA) is 81.1 Å². The number of benzene rings is 1. The number of aliphatic hydroxyl groups excluding tert-OH is 1. The van der Waals surface area contributed by atoms with E-state index < -0.39 is 5.41 Å². The number of carbonyl (C=O) groups is 2. The Hall–Kier alpha value is -1.92. The van der Waals surface area contributed by atoms with Gasteiger partial charge in [0.25, 0.3) is 6.47 Å². The summed E-state index contributed by atoms with van der Waals surface area (Å²) >= 11 is 0. The zero-order valence-corrected chi connectivity index (χ0v) is 17.5. The predicted molar refractivity (Wildman–Crippen MR) is 112 cm³/mol. The molecule has 1 amide bonds. The van der Waals surface area contributed by atoms with Gasteiger partial charge < -0.3 is 15.1 Å². The minimum absolute atomic E-state index is 0.227. The number of aliphatic hydroxyl groups is 1. The van der Waals surface area contributed by atoms with Crippen molar-refractivity contribution in [2.24, 2.45) is 11.8 Å². The summed E-state index contributed by atoms with van der Waals surface area (Å²) in [5.74, 6) is 1.23. The number of amides is 1. The SMILES string of the molecule is CC(C)(C(=O)N1C[C@H]2C[C@@H](N3CCCC3)[C@H](O)C[C@H]2C1)c1ccccc1.O=CO. The zero-order valence-electron chi connectivity index (χ0n) is 17.5. The lowest BCUT2D eigenvalue weighted by molar-refractivity contribution is -0.135. The number of fused-ring (bicyclic) bond motifs is 1. The van der Waals surface area contributed by atoms with E-state index in [9.17, 15) is 9.90 Å². The molecule has 4 rings (SSSR count). The number of rotatable bonds is 3. The van der Waals surface area contributed by atoms with Gasteiger partial charge in [0.1, 0.15) is 0 Å². The minimum atomic E-state index is -0.498. The quantitative estimate of drug-likeness (QED) is 0.759. The van der Waals surface area contributed by atoms with Gasteiger partial charge in [0, 0.05) is 19.1 Å². The van der Waals surface area contributed by atoms with Crippen LogP contribution in [0.4, 0.5) is 0 Å². The molecule has 6 heteroatoms. The van der Waals surface area contributed by atoms with E-state index in [0.717, 1.165) is 44.6 Å². The molecule has 0 aromatic heterocycles. The van der Waals surface area contributed by atoms with Crippen LogP contribution in [0, 0.1) is 11.8 Å². The average Bonchev–Trinajstić information content (AvgIpc) is 3.37. The lowest BCUT2D eigenvalue weighted by atomic mass is 9.77. The van der Waals surface area contributed by atoms with Crippen molar-refractivity contribution in [1.29, 1.82) is 0 Å². The summed E-state index contributed by atoms with van der Waals surface area (Å²) < 4.78 is 0. The third-order valence-electron chi connectivity index (χ3n) is 7.04. The molecule has 1 aliphatic carbocycles. The molecule has 2 heterocycles. The lowest BCUT2D eigenvalue weighted by Crippen LogP contribution is -2.48. The van der Waals surface area contributed by atoms with E-state index in [0.29, 0.717) is 17.9 Å². The highest BCUT2D eigenvalue weighted by molar-refractivity contribution is 5.87. The van der Waals surface area contributed by atoms with E-state index in [1.165, 1.54) is 12.8 Å². The smallest absolute Gasteiger partial charge is 0.290 e. The van der Waals surface area contributed by atoms with E-state index in [-0.39, 0.29) is 18.5 Å². The molecule has 1 saturated carbocycles. The molecule has 1 aromatic rings. The second-order valence-electron chi connectivity index (χ2n) is 9.18. The molecule has 6 nitrogen and oxygen atoms in total. The number of nitrogens with zero attached hydrogens (tertiary/aromatic N) is 2. The van der Waals surface area contributed by atoms with Crippen LogP contribution in [0.15, 0.2) is 30.3 Å². The van der Waals surface area contributed by atoms with E-state index >= 15 is 0 Å². The van der Waals surface area contributed by atoms with Crippen LogP contribution in [0.1, 0.15) is 45.1 Å². The van der Waals surface area contributed by atoms with Crippen LogP contribution < -0.4 is 0 Å². The van der Waals surface area contributed by atoms with Crippen LogP contribution in [0.2, 0.25) is 0 Å². The van der Waals surface area contributed by atoms with Crippen molar-refractivity contribution < 1.29 is 19.8 Å². The molecule has 0 spiro atoms. The van der Waals surface area contributed by atoms with Crippen LogP contribution in [-0.4, -0.2) is 70.7 Å². The molecular formula is C23H34N2O4. The van der Waals surface area contributed by atoms with Gasteiger partial charge in [-0.1, -0.05) is 30.3 Å². The van der Waals surface area contributed by atoms with Gasteiger partial charge in [-0.25, -0.2) is 0 Å². The molecule has 160 valence electrons. The summed E-state index contributed by atoms with van der Waals surface area (Å²) in [6, 6.07) is 10.4. The molecule has 0 bridgehead atoms. The monoisotopic (exact) mass is 402 g/mol. The fraction of sp³-hybridized carbons (Fsp3) is 0.652. The van der Waals surface area contributed by atoms with Gasteiger partial charge in [0.05, 0.1) is 11.5 Å². The van der Waals surface area contributed by atoms with Crippen LogP contribution in [0.5, 0.6) is 0 Å². The van der Waals surface area contributed by atoms with Crippen LogP contribution in [0.25, 0.3) is 0 Å². The molecule has 3 aliphatic rings. The number of hydrogen-bond donors (Lipinski definition) is 2. The van der Waals surface area contributed by atoms with Crippen molar-refractivity contribution in [1.82, 2.24) is 9.80 Å². The molecular weight excluding hydrogens is 368 g/mol. The zero-order chi connectivity index (χ0) is 21.0. The maximum absolute atomic E-state index is 13.3.